The standard InChI is InChI=1S/C29H43BN2O4.C26H38BNO4.C22H33BN2O4.C20H29BN2O5/c1-20(33)28-4-2-3-24-16-25(30(35)36-29(24)28)17-27(34)15-21-9-11-26(12-10-21)31-13-14-32(18-22-5-6-22)19-23-7-8-23;1-18(29)25-7-4-6-21-16-22(27(31)32-26(21)25)17-24(30)15-20-10-12-23(13-11-20)28-14-3-2-5-19-8-9-19;1-14(26)20-4-2-3-17-12-18(23(28)29-22(17)20)13-19(27)11-15-5-7-16(8-6-15)21(25)9-10-24;22-11-18(23)13-6-4-12(5-7-13)8-16(24)10-15-9-14-2-1-3-17(20(25)26)19(14)28-21(15)27/h2-4,21-23,25-26,31,35H,5-19H2,1H3;4,6-7,19-20,22-23,28,31H,2-3,5,8-17H2,1H3;2-4,15-16,18,21,28H,5-13,24-25H2,1H3;1-3,12-13,15,18,27H,4-11,22-23H2,(H,25,26)/t21?,25-,26?;20?,22-,23?;15?,16?,18-,21?;12?,13?,15-,18?/m1111/s1. The molecule has 7 saturated carbocycles. The minimum absolute atomic E-state index is 0.0359. The summed E-state index contributed by atoms with van der Waals surface area (Å²) >= 11 is 0. The summed E-state index contributed by atoms with van der Waals surface area (Å²) in [5, 5.41) is 58.5. The molecule has 2 unspecified atom stereocenters. The molecule has 4 aliphatic heterocycles. The fourth-order valence-corrected chi connectivity index (χ4v) is 21.1. The Bertz CT molecular complexity index is 4220. The van der Waals surface area contributed by atoms with Gasteiger partial charge in [-0.05, 0) is 301 Å². The number of fused-ring (bicyclic) bond motifs is 4. The zero-order chi connectivity index (χ0) is 88.8. The fraction of sp³-hybridized carbons (Fsp3) is 0.670. The van der Waals surface area contributed by atoms with E-state index in [0.717, 1.165) is 162 Å². The van der Waals surface area contributed by atoms with Crippen LogP contribution in [0.1, 0.15) is 303 Å². The number of nitrogens with zero attached hydrogens (tertiary/aromatic N) is 1. The molecule has 15 N–H and O–H groups in total. The second kappa shape index (κ2) is 47.6. The topological polar surface area (TPSA) is 406 Å². The van der Waals surface area contributed by atoms with Crippen LogP contribution in [0.25, 0.3) is 0 Å². The van der Waals surface area contributed by atoms with Crippen LogP contribution in [-0.2, 0) is 44.9 Å². The number of benzene rings is 4. The molecule has 4 aromatic rings. The van der Waals surface area contributed by atoms with E-state index in [9.17, 15) is 63.6 Å². The lowest BCUT2D eigenvalue weighted by molar-refractivity contribution is -0.121. The van der Waals surface area contributed by atoms with E-state index < -0.39 is 34.4 Å². The highest BCUT2D eigenvalue weighted by molar-refractivity contribution is 6.48. The summed E-state index contributed by atoms with van der Waals surface area (Å²) in [6, 6.07) is 22.7. The van der Waals surface area contributed by atoms with Gasteiger partial charge >= 0.3 is 34.4 Å². The number of hydrogen-bond donors (Lipinski definition) is 11. The molecule has 6 atom stereocenters. The Kier molecular flexibility index (Phi) is 37.0. The van der Waals surface area contributed by atoms with Gasteiger partial charge in [-0.25, -0.2) is 4.79 Å². The monoisotopic (exact) mass is 1720 g/mol. The number of carboxylic acids is 1. The lowest BCUT2D eigenvalue weighted by Crippen LogP contribution is -2.40. The van der Waals surface area contributed by atoms with Gasteiger partial charge in [0.05, 0.1) is 22.3 Å². The third-order valence-electron chi connectivity index (χ3n) is 29.2. The molecule has 11 aliphatic rings. The van der Waals surface area contributed by atoms with Gasteiger partial charge in [-0.3, -0.25) is 33.6 Å². The van der Waals surface area contributed by atoms with Crippen LogP contribution in [-0.4, -0.2) is 175 Å². The molecule has 0 saturated heterocycles. The molecule has 7 aliphatic carbocycles. The zero-order valence-corrected chi connectivity index (χ0v) is 74.8. The number of aromatic carboxylic acids is 1. The fourth-order valence-electron chi connectivity index (χ4n) is 21.1. The van der Waals surface area contributed by atoms with Gasteiger partial charge in [-0.15, -0.1) is 0 Å². The number of rotatable bonds is 39. The number of hydrogen-bond acceptors (Lipinski definition) is 23. The first-order valence-corrected chi connectivity index (χ1v) is 48.0. The van der Waals surface area contributed by atoms with E-state index in [1.54, 1.807) is 30.3 Å². The van der Waals surface area contributed by atoms with E-state index in [0.29, 0.717) is 165 Å². The number of nitrogens with two attached hydrogens (primary N) is 4. The first-order chi connectivity index (χ1) is 60.2. The van der Waals surface area contributed by atoms with E-state index in [1.807, 2.05) is 36.4 Å². The van der Waals surface area contributed by atoms with Gasteiger partial charge < -0.3 is 82.3 Å². The molecule has 0 bridgehead atoms. The molecule has 0 aromatic heterocycles. The Labute approximate surface area is 743 Å². The molecule has 0 radical (unpaired) electrons. The summed E-state index contributed by atoms with van der Waals surface area (Å²) in [6.07, 6.45) is 36.4. The molecule has 680 valence electrons. The third-order valence-corrected chi connectivity index (χ3v) is 29.2. The van der Waals surface area contributed by atoms with Crippen LogP contribution in [0.15, 0.2) is 72.8 Å². The van der Waals surface area contributed by atoms with Gasteiger partial charge in [0.1, 0.15) is 46.1 Å². The quantitative estimate of drug-likeness (QED) is 0.0112. The van der Waals surface area contributed by atoms with Crippen molar-refractivity contribution in [2.24, 2.45) is 76.2 Å². The van der Waals surface area contributed by atoms with Gasteiger partial charge in [-0.1, -0.05) is 74.2 Å². The van der Waals surface area contributed by atoms with Crippen molar-refractivity contribution in [2.75, 3.05) is 45.8 Å². The maximum absolute atomic E-state index is 12.9. The van der Waals surface area contributed by atoms with Crippen LogP contribution < -0.4 is 52.2 Å². The smallest absolute Gasteiger partial charge is 0.526 e. The largest absolute Gasteiger partial charge is 0.535 e. The predicted molar refractivity (Wildman–Crippen MR) is 489 cm³/mol. The summed E-state index contributed by atoms with van der Waals surface area (Å²) in [4.78, 5) is 100. The second-order valence-corrected chi connectivity index (χ2v) is 39.5. The SMILES string of the molecule is CC(=O)c1cccc2c1OB(O)[C@@H](CC(=O)CC1CCC(C(N)CCN)CC1)C2.CC(=O)c1cccc2c1OB(O)[C@@H](CC(=O)CC1CCC(NCCCCC3CC3)CC1)C2.CC(=O)c1cccc2c1OB(O)[C@@H](CC(=O)CC1CCC(NCCN(CC3CC3)CC3CC3)CC1)C2.NCC(N)C1CCC(CC(=O)C[C@H]2Cc3cccc(C(=O)O)c3OB2O)CC1. The van der Waals surface area contributed by atoms with Gasteiger partial charge in [0.15, 0.2) is 17.3 Å². The van der Waals surface area contributed by atoms with Crippen molar-refractivity contribution in [1.82, 2.24) is 15.5 Å². The zero-order valence-electron chi connectivity index (χ0n) is 74.8. The maximum atomic E-state index is 12.9. The van der Waals surface area contributed by atoms with E-state index in [4.69, 9.17) is 41.6 Å². The third kappa shape index (κ3) is 29.5. The Morgan fingerprint density at radius 3 is 1.01 bits per heavy atom. The number of carbonyl (C=O) groups excluding carboxylic acids is 7. The van der Waals surface area contributed by atoms with Crippen LogP contribution >= 0.6 is 0 Å². The van der Waals surface area contributed by atoms with E-state index in [-0.39, 0.29) is 93.6 Å². The maximum Gasteiger partial charge on any atom is 0.526 e. The Hall–Kier alpha value is -6.94. The molecule has 125 heavy (non-hydrogen) atoms. The Morgan fingerprint density at radius 2 is 0.696 bits per heavy atom. The van der Waals surface area contributed by atoms with E-state index in [2.05, 4.69) is 15.5 Å². The summed E-state index contributed by atoms with van der Waals surface area (Å²) in [7, 11) is -4.31. The summed E-state index contributed by atoms with van der Waals surface area (Å²) < 4.78 is 22.5. The molecule has 4 aromatic carbocycles. The first-order valence-electron chi connectivity index (χ1n) is 48.0. The number of ketones is 7. The van der Waals surface area contributed by atoms with Crippen molar-refractivity contribution in [3.63, 3.8) is 0 Å². The van der Waals surface area contributed by atoms with Crippen LogP contribution in [0.4, 0.5) is 0 Å². The van der Waals surface area contributed by atoms with Gasteiger partial charge in [0, 0.05) is 132 Å². The number of para-hydroxylation sites is 4. The number of unbranched alkanes of at least 4 members (excludes halogenated alkanes) is 1. The van der Waals surface area contributed by atoms with Gasteiger partial charge in [0.2, 0.25) is 0 Å². The van der Waals surface area contributed by atoms with Crippen molar-refractivity contribution >= 4 is 74.9 Å². The molecule has 0 amide bonds. The molecule has 15 rings (SSSR count). The average molecular weight is 1720 g/mol. The van der Waals surface area contributed by atoms with Crippen molar-refractivity contribution < 1.29 is 82.2 Å². The lowest BCUT2D eigenvalue weighted by atomic mass is 9.64. The van der Waals surface area contributed by atoms with Crippen LogP contribution in [0, 0.1) is 53.3 Å². The average Bonchev–Trinajstić information content (AvgIpc) is 1.67. The number of Topliss-reactive ketones (excluding diaryl/α,β-unsaturated/α-hetero) is 7. The highest BCUT2D eigenvalue weighted by Crippen LogP contribution is 2.45. The van der Waals surface area contributed by atoms with Crippen LogP contribution in [0.5, 0.6) is 23.0 Å². The minimum Gasteiger partial charge on any atom is -0.535 e. The van der Waals surface area contributed by atoms with Crippen molar-refractivity contribution in [3.8, 4) is 23.0 Å². The van der Waals surface area contributed by atoms with Crippen LogP contribution in [0.2, 0.25) is 23.3 Å². The van der Waals surface area contributed by atoms with E-state index in [1.165, 1.54) is 104 Å². The van der Waals surface area contributed by atoms with Crippen molar-refractivity contribution in [3.05, 3.63) is 117 Å². The van der Waals surface area contributed by atoms with E-state index >= 15 is 0 Å². The molecular formula is C97H143B4N7O17. The summed E-state index contributed by atoms with van der Waals surface area (Å²) in [5.41, 5.74) is 28.4. The number of nitrogens with one attached hydrogen (secondary N) is 2. The number of carboxylic acid groups (broad SMARTS) is 1. The van der Waals surface area contributed by atoms with Gasteiger partial charge in [-0.2, -0.15) is 0 Å². The van der Waals surface area contributed by atoms with Gasteiger partial charge in [0.25, 0.3) is 0 Å². The first kappa shape index (κ1) is 97.1. The lowest BCUT2D eigenvalue weighted by Gasteiger charge is -2.32. The van der Waals surface area contributed by atoms with Crippen LogP contribution in [0.3, 0.4) is 0 Å². The molecule has 24 nitrogen and oxygen atoms in total. The normalized spacial score (nSPS) is 25.5. The highest BCUT2D eigenvalue weighted by atomic mass is 16.5. The second-order valence-electron chi connectivity index (χ2n) is 39.5. The molecule has 28 heteroatoms. The molecular weight excluding hydrogens is 1580 g/mol. The Morgan fingerprint density at radius 1 is 0.392 bits per heavy atom. The predicted octanol–water partition coefficient (Wildman–Crippen LogP) is 13.2. The highest BCUT2D eigenvalue weighted by Gasteiger charge is 2.44. The summed E-state index contributed by atoms with van der Waals surface area (Å²) in [5.74, 6) is 5.54. The minimum atomic E-state index is -1.17. The molecule has 7 fully saturated rings. The molecule has 4 heterocycles. The van der Waals surface area contributed by atoms with Crippen molar-refractivity contribution in [1.29, 1.82) is 0 Å². The van der Waals surface area contributed by atoms with Crippen molar-refractivity contribution in [2.45, 2.75) is 312 Å². The summed E-state index contributed by atoms with van der Waals surface area (Å²) in [6.45, 7) is 11.6. The molecule has 0 spiro atoms. The number of carbonyl (C=O) groups is 8. The Balaban J connectivity index is 0.000000153.